The summed E-state index contributed by atoms with van der Waals surface area (Å²) in [7, 11) is 3.48. The molecule has 1 amide bonds. The monoisotopic (exact) mass is 441 g/mol. The number of anilines is 1. The standard InChI is InChI=1S/C25H23N5O3/c1-30-11-18(22(29-30)15-6-4-3-5-7-15)23-17-8-20(21(32-2)9-19(17)26-14-27-23)28-24(31)25-10-16(25)12-33-13-25/h3-9,11,14,16H,10,12-13H2,1-2H3,(H,28,31)/t16-,25-/m1/s1. The Morgan fingerprint density at radius 1 is 1.21 bits per heavy atom. The van der Waals surface area contributed by atoms with Gasteiger partial charge in [0.1, 0.15) is 17.8 Å². The SMILES string of the molecule is COc1cc2ncnc(-c3cn(C)nc3-c3ccccc3)c2cc1NC(=O)[C@]12COC[C@H]1C2. The minimum atomic E-state index is -0.403. The predicted molar refractivity (Wildman–Crippen MR) is 124 cm³/mol. The van der Waals surface area contributed by atoms with Gasteiger partial charge in [-0.25, -0.2) is 9.97 Å². The molecule has 1 aliphatic carbocycles. The van der Waals surface area contributed by atoms with Crippen LogP contribution in [-0.2, 0) is 16.6 Å². The minimum absolute atomic E-state index is 0.0209. The molecular weight excluding hydrogens is 418 g/mol. The predicted octanol–water partition coefficient (Wildman–Crippen LogP) is 3.68. The first-order valence-corrected chi connectivity index (χ1v) is 10.9. The van der Waals surface area contributed by atoms with Crippen molar-refractivity contribution in [2.75, 3.05) is 25.6 Å². The van der Waals surface area contributed by atoms with Gasteiger partial charge in [0, 0.05) is 41.7 Å². The number of benzene rings is 2. The molecule has 1 N–H and O–H groups in total. The van der Waals surface area contributed by atoms with Gasteiger partial charge in [0.2, 0.25) is 5.91 Å². The van der Waals surface area contributed by atoms with Crippen LogP contribution in [0, 0.1) is 11.3 Å². The highest BCUT2D eigenvalue weighted by molar-refractivity contribution is 6.04. The van der Waals surface area contributed by atoms with Crippen LogP contribution < -0.4 is 10.1 Å². The maximum atomic E-state index is 13.1. The summed E-state index contributed by atoms with van der Waals surface area (Å²) in [6, 6.07) is 13.7. The molecule has 6 rings (SSSR count). The zero-order valence-electron chi connectivity index (χ0n) is 18.4. The van der Waals surface area contributed by atoms with E-state index in [2.05, 4.69) is 20.4 Å². The number of amides is 1. The van der Waals surface area contributed by atoms with Crippen molar-refractivity contribution in [3.63, 3.8) is 0 Å². The Morgan fingerprint density at radius 3 is 2.79 bits per heavy atom. The number of hydrogen-bond donors (Lipinski definition) is 1. The second-order valence-electron chi connectivity index (χ2n) is 8.75. The Kier molecular flexibility index (Phi) is 4.45. The summed E-state index contributed by atoms with van der Waals surface area (Å²) in [5.74, 6) is 0.849. The van der Waals surface area contributed by atoms with Crippen LogP contribution in [0.5, 0.6) is 5.75 Å². The van der Waals surface area contributed by atoms with Crippen molar-refractivity contribution >= 4 is 22.5 Å². The second kappa shape index (κ2) is 7.38. The molecule has 0 unspecified atom stereocenters. The van der Waals surface area contributed by atoms with Crippen LogP contribution in [0.1, 0.15) is 6.42 Å². The number of ether oxygens (including phenoxy) is 2. The minimum Gasteiger partial charge on any atom is -0.494 e. The van der Waals surface area contributed by atoms with E-state index in [9.17, 15) is 4.79 Å². The van der Waals surface area contributed by atoms with Crippen molar-refractivity contribution in [2.24, 2.45) is 18.4 Å². The molecule has 33 heavy (non-hydrogen) atoms. The fourth-order valence-electron chi connectivity index (χ4n) is 4.79. The van der Waals surface area contributed by atoms with Gasteiger partial charge in [-0.05, 0) is 12.5 Å². The number of hydrogen-bond acceptors (Lipinski definition) is 6. The summed E-state index contributed by atoms with van der Waals surface area (Å²) in [6.45, 7) is 1.13. The fourth-order valence-corrected chi connectivity index (χ4v) is 4.79. The molecule has 1 saturated carbocycles. The van der Waals surface area contributed by atoms with E-state index in [1.807, 2.05) is 55.7 Å². The van der Waals surface area contributed by atoms with Gasteiger partial charge in [-0.15, -0.1) is 0 Å². The van der Waals surface area contributed by atoms with E-state index in [0.29, 0.717) is 30.6 Å². The molecule has 8 heteroatoms. The smallest absolute Gasteiger partial charge is 0.233 e. The summed E-state index contributed by atoms with van der Waals surface area (Å²) in [5, 5.41) is 8.58. The molecule has 0 bridgehead atoms. The number of carbonyl (C=O) groups is 1. The number of carbonyl (C=O) groups excluding carboxylic acids is 1. The highest BCUT2D eigenvalue weighted by atomic mass is 16.5. The van der Waals surface area contributed by atoms with Gasteiger partial charge in [-0.2, -0.15) is 5.10 Å². The maximum Gasteiger partial charge on any atom is 0.233 e. The molecule has 2 aliphatic rings. The number of fused-ring (bicyclic) bond motifs is 2. The molecule has 2 fully saturated rings. The third-order valence-electron chi connectivity index (χ3n) is 6.70. The summed E-state index contributed by atoms with van der Waals surface area (Å²) >= 11 is 0. The van der Waals surface area contributed by atoms with Crippen LogP contribution in [0.2, 0.25) is 0 Å². The van der Waals surface area contributed by atoms with Crippen LogP contribution >= 0.6 is 0 Å². The Labute approximate surface area is 190 Å². The number of methoxy groups -OCH3 is 1. The van der Waals surface area contributed by atoms with E-state index in [4.69, 9.17) is 9.47 Å². The van der Waals surface area contributed by atoms with Crippen molar-refractivity contribution in [3.05, 3.63) is 55.0 Å². The molecule has 1 saturated heterocycles. The van der Waals surface area contributed by atoms with E-state index in [0.717, 1.165) is 39.8 Å². The summed E-state index contributed by atoms with van der Waals surface area (Å²) in [6.07, 6.45) is 4.37. The first-order chi connectivity index (χ1) is 16.1. The van der Waals surface area contributed by atoms with E-state index in [-0.39, 0.29) is 5.91 Å². The summed E-state index contributed by atoms with van der Waals surface area (Å²) < 4.78 is 12.9. The van der Waals surface area contributed by atoms with Crippen molar-refractivity contribution in [2.45, 2.75) is 6.42 Å². The Bertz CT molecular complexity index is 1380. The van der Waals surface area contributed by atoms with Gasteiger partial charge < -0.3 is 14.8 Å². The fraction of sp³-hybridized carbons (Fsp3) is 0.280. The lowest BCUT2D eigenvalue weighted by Crippen LogP contribution is -2.27. The van der Waals surface area contributed by atoms with Crippen LogP contribution in [0.4, 0.5) is 5.69 Å². The molecule has 8 nitrogen and oxygen atoms in total. The Hall–Kier alpha value is -3.78. The number of nitrogens with zero attached hydrogens (tertiary/aromatic N) is 4. The average molecular weight is 441 g/mol. The third kappa shape index (κ3) is 3.17. The molecule has 2 atom stereocenters. The summed E-state index contributed by atoms with van der Waals surface area (Å²) in [5.41, 5.74) is 4.40. The first kappa shape index (κ1) is 19.9. The van der Waals surface area contributed by atoms with Crippen molar-refractivity contribution < 1.29 is 14.3 Å². The van der Waals surface area contributed by atoms with Gasteiger partial charge in [0.25, 0.3) is 0 Å². The molecule has 2 aromatic heterocycles. The lowest BCUT2D eigenvalue weighted by Gasteiger charge is -2.16. The van der Waals surface area contributed by atoms with Crippen molar-refractivity contribution in [1.82, 2.24) is 19.7 Å². The normalized spacial score (nSPS) is 21.1. The van der Waals surface area contributed by atoms with Crippen LogP contribution in [0.15, 0.2) is 55.0 Å². The Balaban J connectivity index is 1.47. The molecule has 0 spiro atoms. The van der Waals surface area contributed by atoms with Crippen LogP contribution in [-0.4, -0.2) is 46.0 Å². The van der Waals surface area contributed by atoms with Crippen LogP contribution in [0.25, 0.3) is 33.4 Å². The molecule has 1 aliphatic heterocycles. The topological polar surface area (TPSA) is 91.2 Å². The molecular formula is C25H23N5O3. The summed E-state index contributed by atoms with van der Waals surface area (Å²) in [4.78, 5) is 22.2. The second-order valence-corrected chi connectivity index (χ2v) is 8.75. The van der Waals surface area contributed by atoms with Gasteiger partial charge in [0.05, 0.1) is 42.6 Å². The van der Waals surface area contributed by atoms with Gasteiger partial charge in [-0.1, -0.05) is 30.3 Å². The van der Waals surface area contributed by atoms with Gasteiger partial charge >= 0.3 is 0 Å². The average Bonchev–Trinajstić information content (AvgIpc) is 3.18. The molecule has 166 valence electrons. The highest BCUT2D eigenvalue weighted by Gasteiger charge is 2.63. The van der Waals surface area contributed by atoms with Gasteiger partial charge in [0.15, 0.2) is 0 Å². The van der Waals surface area contributed by atoms with Gasteiger partial charge in [-0.3, -0.25) is 9.48 Å². The lowest BCUT2D eigenvalue weighted by atomic mass is 10.0. The highest BCUT2D eigenvalue weighted by Crippen LogP contribution is 2.57. The number of aryl methyl sites for hydroxylation is 1. The largest absolute Gasteiger partial charge is 0.494 e. The van der Waals surface area contributed by atoms with E-state index < -0.39 is 5.41 Å². The lowest BCUT2D eigenvalue weighted by molar-refractivity contribution is -0.121. The van der Waals surface area contributed by atoms with E-state index in [1.54, 1.807) is 18.1 Å². The number of nitrogens with one attached hydrogen (secondary N) is 1. The maximum absolute atomic E-state index is 13.1. The van der Waals surface area contributed by atoms with E-state index >= 15 is 0 Å². The van der Waals surface area contributed by atoms with E-state index in [1.165, 1.54) is 0 Å². The zero-order valence-corrected chi connectivity index (χ0v) is 18.4. The van der Waals surface area contributed by atoms with Crippen LogP contribution in [0.3, 0.4) is 0 Å². The molecule has 4 aromatic rings. The third-order valence-corrected chi connectivity index (χ3v) is 6.70. The number of rotatable bonds is 5. The Morgan fingerprint density at radius 2 is 2.06 bits per heavy atom. The quantitative estimate of drug-likeness (QED) is 0.508. The molecule has 3 heterocycles. The van der Waals surface area contributed by atoms with Crippen molar-refractivity contribution in [1.29, 1.82) is 0 Å². The first-order valence-electron chi connectivity index (χ1n) is 10.9. The molecule has 0 radical (unpaired) electrons. The zero-order chi connectivity index (χ0) is 22.6. The van der Waals surface area contributed by atoms with Crippen molar-refractivity contribution in [3.8, 4) is 28.3 Å². The number of aromatic nitrogens is 4. The molecule has 2 aromatic carbocycles.